The molecule has 2 nitrogen and oxygen atoms in total. The van der Waals surface area contributed by atoms with Crippen molar-refractivity contribution in [3.05, 3.63) is 0 Å². The van der Waals surface area contributed by atoms with Crippen molar-refractivity contribution in [1.29, 1.82) is 0 Å². The van der Waals surface area contributed by atoms with Crippen LogP contribution in [0.3, 0.4) is 0 Å². The van der Waals surface area contributed by atoms with Crippen molar-refractivity contribution in [3.63, 3.8) is 0 Å². The predicted octanol–water partition coefficient (Wildman–Crippen LogP) is 2.89. The summed E-state index contributed by atoms with van der Waals surface area (Å²) in [6.07, 6.45) is 9.53. The zero-order chi connectivity index (χ0) is 10.7. The summed E-state index contributed by atoms with van der Waals surface area (Å²) in [5.74, 6) is 0.479. The Labute approximate surface area is 93.0 Å². The summed E-state index contributed by atoms with van der Waals surface area (Å²) >= 11 is 0. The number of ether oxygens (including phenoxy) is 1. The third-order valence-corrected chi connectivity index (χ3v) is 4.34. The molecule has 1 N–H and O–H groups in total. The molecule has 0 bridgehead atoms. The van der Waals surface area contributed by atoms with Crippen LogP contribution in [-0.4, -0.2) is 23.4 Å². The Kier molecular flexibility index (Phi) is 3.68. The predicted molar refractivity (Wildman–Crippen MR) is 60.8 cm³/mol. The van der Waals surface area contributed by atoms with Gasteiger partial charge >= 0.3 is 0 Å². The van der Waals surface area contributed by atoms with Crippen molar-refractivity contribution >= 4 is 0 Å². The van der Waals surface area contributed by atoms with Crippen LogP contribution in [0.25, 0.3) is 0 Å². The molecule has 1 heterocycles. The maximum atomic E-state index is 10.5. The molecular weight excluding hydrogens is 188 g/mol. The molecule has 2 heteroatoms. The minimum atomic E-state index is -0.385. The minimum absolute atomic E-state index is 0.385. The van der Waals surface area contributed by atoms with Gasteiger partial charge in [0.05, 0.1) is 11.7 Å². The lowest BCUT2D eigenvalue weighted by atomic mass is 9.73. The first-order valence-corrected chi connectivity index (χ1v) is 6.55. The summed E-state index contributed by atoms with van der Waals surface area (Å²) in [6.45, 7) is 3.13. The van der Waals surface area contributed by atoms with Gasteiger partial charge in [-0.15, -0.1) is 0 Å². The molecule has 2 rings (SSSR count). The van der Waals surface area contributed by atoms with Crippen molar-refractivity contribution in [2.45, 2.75) is 70.0 Å². The first-order chi connectivity index (χ1) is 7.21. The topological polar surface area (TPSA) is 29.5 Å². The maximum Gasteiger partial charge on any atom is 0.0674 e. The van der Waals surface area contributed by atoms with Crippen LogP contribution in [0.4, 0.5) is 0 Å². The molecule has 0 amide bonds. The molecule has 2 aliphatic rings. The van der Waals surface area contributed by atoms with E-state index in [0.29, 0.717) is 12.0 Å². The summed E-state index contributed by atoms with van der Waals surface area (Å²) in [5, 5.41) is 10.5. The summed E-state index contributed by atoms with van der Waals surface area (Å²) < 4.78 is 5.61. The van der Waals surface area contributed by atoms with Gasteiger partial charge in [0.1, 0.15) is 0 Å². The lowest BCUT2D eigenvalue weighted by molar-refractivity contribution is -0.0575. The Hall–Kier alpha value is -0.0800. The van der Waals surface area contributed by atoms with E-state index < -0.39 is 0 Å². The van der Waals surface area contributed by atoms with Gasteiger partial charge in [-0.3, -0.25) is 0 Å². The Morgan fingerprint density at radius 2 is 2.13 bits per heavy atom. The van der Waals surface area contributed by atoms with Crippen LogP contribution in [0, 0.1) is 5.92 Å². The van der Waals surface area contributed by atoms with Crippen LogP contribution in [-0.2, 0) is 4.74 Å². The van der Waals surface area contributed by atoms with Crippen molar-refractivity contribution < 1.29 is 9.84 Å². The quantitative estimate of drug-likeness (QED) is 0.779. The van der Waals surface area contributed by atoms with Gasteiger partial charge in [0.2, 0.25) is 0 Å². The van der Waals surface area contributed by atoms with Crippen LogP contribution in [0.2, 0.25) is 0 Å². The molecule has 0 aromatic heterocycles. The molecule has 1 saturated heterocycles. The fraction of sp³-hybridized carbons (Fsp3) is 1.00. The van der Waals surface area contributed by atoms with Crippen LogP contribution < -0.4 is 0 Å². The Morgan fingerprint density at radius 1 is 1.27 bits per heavy atom. The second-order valence-corrected chi connectivity index (χ2v) is 5.42. The largest absolute Gasteiger partial charge is 0.390 e. The van der Waals surface area contributed by atoms with E-state index in [4.69, 9.17) is 4.74 Å². The summed E-state index contributed by atoms with van der Waals surface area (Å²) in [6, 6.07) is 0. The molecule has 1 aliphatic heterocycles. The number of hydrogen-bond acceptors (Lipinski definition) is 2. The molecule has 3 atom stereocenters. The van der Waals surface area contributed by atoms with Crippen LogP contribution in [0.1, 0.15) is 58.3 Å². The lowest BCUT2D eigenvalue weighted by Crippen LogP contribution is -2.39. The van der Waals surface area contributed by atoms with E-state index in [-0.39, 0.29) is 5.60 Å². The van der Waals surface area contributed by atoms with Gasteiger partial charge in [-0.1, -0.05) is 19.8 Å². The van der Waals surface area contributed by atoms with Crippen molar-refractivity contribution in [2.75, 3.05) is 6.61 Å². The van der Waals surface area contributed by atoms with E-state index in [0.717, 1.165) is 25.9 Å². The van der Waals surface area contributed by atoms with Gasteiger partial charge in [-0.05, 0) is 44.4 Å². The number of aliphatic hydroxyl groups is 1. The average molecular weight is 212 g/mol. The molecule has 3 unspecified atom stereocenters. The fourth-order valence-corrected chi connectivity index (χ4v) is 3.05. The zero-order valence-corrected chi connectivity index (χ0v) is 9.87. The lowest BCUT2D eigenvalue weighted by Gasteiger charge is -2.38. The van der Waals surface area contributed by atoms with E-state index in [9.17, 15) is 5.11 Å². The van der Waals surface area contributed by atoms with Gasteiger partial charge in [-0.25, -0.2) is 0 Å². The molecule has 0 aromatic carbocycles. The van der Waals surface area contributed by atoms with E-state index in [1.165, 1.54) is 32.1 Å². The first-order valence-electron chi connectivity index (χ1n) is 6.55. The molecule has 88 valence electrons. The molecule has 1 aliphatic carbocycles. The van der Waals surface area contributed by atoms with Crippen molar-refractivity contribution in [1.82, 2.24) is 0 Å². The normalized spacial score (nSPS) is 42.0. The minimum Gasteiger partial charge on any atom is -0.390 e. The highest BCUT2D eigenvalue weighted by atomic mass is 16.5. The monoisotopic (exact) mass is 212 g/mol. The van der Waals surface area contributed by atoms with Crippen molar-refractivity contribution in [2.24, 2.45) is 5.92 Å². The zero-order valence-electron chi connectivity index (χ0n) is 9.87. The Balaban J connectivity index is 1.80. The van der Waals surface area contributed by atoms with E-state index >= 15 is 0 Å². The highest BCUT2D eigenvalue weighted by molar-refractivity contribution is 4.88. The number of rotatable bonds is 3. The van der Waals surface area contributed by atoms with Gasteiger partial charge in [0, 0.05) is 6.61 Å². The second-order valence-electron chi connectivity index (χ2n) is 5.42. The standard InChI is InChI=1S/C13H24O2/c1-11-5-2-3-8-13(11,14)9-7-12-6-4-10-15-12/h11-12,14H,2-10H2,1H3. The van der Waals surface area contributed by atoms with E-state index in [1.807, 2.05) is 0 Å². The van der Waals surface area contributed by atoms with E-state index in [2.05, 4.69) is 6.92 Å². The molecule has 15 heavy (non-hydrogen) atoms. The third kappa shape index (κ3) is 2.73. The maximum absolute atomic E-state index is 10.5. The van der Waals surface area contributed by atoms with Gasteiger partial charge < -0.3 is 9.84 Å². The molecule has 2 fully saturated rings. The Morgan fingerprint density at radius 3 is 2.80 bits per heavy atom. The summed E-state index contributed by atoms with van der Waals surface area (Å²) in [4.78, 5) is 0. The second kappa shape index (κ2) is 4.84. The molecular formula is C13H24O2. The molecule has 1 saturated carbocycles. The smallest absolute Gasteiger partial charge is 0.0674 e. The van der Waals surface area contributed by atoms with Crippen LogP contribution in [0.15, 0.2) is 0 Å². The SMILES string of the molecule is CC1CCCCC1(O)CCC1CCCO1. The van der Waals surface area contributed by atoms with Gasteiger partial charge in [0.25, 0.3) is 0 Å². The Bertz CT molecular complexity index is 199. The van der Waals surface area contributed by atoms with Crippen LogP contribution in [0.5, 0.6) is 0 Å². The molecule has 0 aromatic rings. The summed E-state index contributed by atoms with van der Waals surface area (Å²) in [7, 11) is 0. The van der Waals surface area contributed by atoms with Gasteiger partial charge in [-0.2, -0.15) is 0 Å². The fourth-order valence-electron chi connectivity index (χ4n) is 3.05. The first kappa shape index (κ1) is 11.4. The van der Waals surface area contributed by atoms with Gasteiger partial charge in [0.15, 0.2) is 0 Å². The highest BCUT2D eigenvalue weighted by Crippen LogP contribution is 2.37. The van der Waals surface area contributed by atoms with Crippen molar-refractivity contribution in [3.8, 4) is 0 Å². The average Bonchev–Trinajstić information content (AvgIpc) is 2.73. The molecule has 0 radical (unpaired) electrons. The third-order valence-electron chi connectivity index (χ3n) is 4.34. The highest BCUT2D eigenvalue weighted by Gasteiger charge is 2.36. The summed E-state index contributed by atoms with van der Waals surface area (Å²) in [5.41, 5.74) is -0.385. The molecule has 0 spiro atoms. The van der Waals surface area contributed by atoms with E-state index in [1.54, 1.807) is 0 Å². The van der Waals surface area contributed by atoms with Crippen LogP contribution >= 0.6 is 0 Å². The number of hydrogen-bond donors (Lipinski definition) is 1.